The first-order valence-electron chi connectivity index (χ1n) is 8.54. The Morgan fingerprint density at radius 3 is 2.77 bits per heavy atom. The number of hydrogen-bond donors (Lipinski definition) is 0. The van der Waals surface area contributed by atoms with Gasteiger partial charge in [0.2, 0.25) is 5.78 Å². The molecule has 3 aliphatic heterocycles. The third kappa shape index (κ3) is 2.89. The molecule has 0 aliphatic carbocycles. The second kappa shape index (κ2) is 6.27. The van der Waals surface area contributed by atoms with Gasteiger partial charge < -0.3 is 14.2 Å². The molecule has 0 aromatic rings. The smallest absolute Gasteiger partial charge is 0.334 e. The zero-order valence-corrected chi connectivity index (χ0v) is 15.3. The zero-order valence-electron chi connectivity index (χ0n) is 15.3. The minimum Gasteiger partial charge on any atom is -0.479 e. The number of ketones is 1. The summed E-state index contributed by atoms with van der Waals surface area (Å²) < 4.78 is 17.0. The minimum absolute atomic E-state index is 0.104. The van der Waals surface area contributed by atoms with Crippen LogP contribution < -0.4 is 0 Å². The fraction of sp³-hybridized carbons (Fsp3) is 0.450. The Hall–Kier alpha value is -2.63. The van der Waals surface area contributed by atoms with Gasteiger partial charge in [-0.2, -0.15) is 0 Å². The summed E-state index contributed by atoms with van der Waals surface area (Å²) >= 11 is 0. The average molecular weight is 358 g/mol. The number of hydrogen-bond acceptors (Lipinski definition) is 6. The highest BCUT2D eigenvalue weighted by molar-refractivity contribution is 6.00. The van der Waals surface area contributed by atoms with Gasteiger partial charge >= 0.3 is 11.9 Å². The normalized spacial score (nSPS) is 35.9. The van der Waals surface area contributed by atoms with E-state index in [4.69, 9.17) is 14.2 Å². The second-order valence-electron chi connectivity index (χ2n) is 7.10. The Labute approximate surface area is 152 Å². The summed E-state index contributed by atoms with van der Waals surface area (Å²) in [5.41, 5.74) is 0.195. The fourth-order valence-corrected chi connectivity index (χ4v) is 3.41. The fourth-order valence-electron chi connectivity index (χ4n) is 3.41. The number of ether oxygens (including phenoxy) is 3. The first-order valence-corrected chi connectivity index (χ1v) is 8.54. The number of esters is 2. The lowest BCUT2D eigenvalue weighted by atomic mass is 9.82. The number of carbonyl (C=O) groups is 3. The lowest BCUT2D eigenvalue weighted by molar-refractivity contribution is -0.153. The van der Waals surface area contributed by atoms with Gasteiger partial charge in [-0.1, -0.05) is 12.7 Å². The molecule has 0 aromatic heterocycles. The Morgan fingerprint density at radius 2 is 2.12 bits per heavy atom. The van der Waals surface area contributed by atoms with Crippen molar-refractivity contribution in [1.82, 2.24) is 0 Å². The molecule has 3 heterocycles. The van der Waals surface area contributed by atoms with Gasteiger partial charge in [0.05, 0.1) is 5.92 Å². The molecule has 2 bridgehead atoms. The van der Waals surface area contributed by atoms with Gasteiger partial charge in [-0.25, -0.2) is 9.59 Å². The van der Waals surface area contributed by atoms with Gasteiger partial charge in [0.15, 0.2) is 5.60 Å². The first kappa shape index (κ1) is 18.2. The molecule has 3 rings (SSSR count). The van der Waals surface area contributed by atoms with Crippen LogP contribution in [0.25, 0.3) is 0 Å². The third-order valence-electron chi connectivity index (χ3n) is 5.19. The number of fused-ring (bicyclic) bond motifs is 3. The molecule has 4 atom stereocenters. The van der Waals surface area contributed by atoms with Crippen molar-refractivity contribution in [2.75, 3.05) is 0 Å². The van der Waals surface area contributed by atoms with Crippen molar-refractivity contribution in [3.8, 4) is 0 Å². The van der Waals surface area contributed by atoms with Crippen LogP contribution in [0.4, 0.5) is 0 Å². The molecular weight excluding hydrogens is 336 g/mol. The predicted octanol–water partition coefficient (Wildman–Crippen LogP) is 2.55. The lowest BCUT2D eigenvalue weighted by Gasteiger charge is -2.31. The second-order valence-corrected chi connectivity index (χ2v) is 7.10. The molecule has 0 saturated carbocycles. The molecule has 138 valence electrons. The van der Waals surface area contributed by atoms with Crippen molar-refractivity contribution in [2.45, 2.75) is 51.9 Å². The number of rotatable bonds is 2. The molecule has 0 radical (unpaired) electrons. The quantitative estimate of drug-likeness (QED) is 0.558. The molecule has 0 N–H and O–H groups in total. The van der Waals surface area contributed by atoms with Crippen LogP contribution >= 0.6 is 0 Å². The van der Waals surface area contributed by atoms with Gasteiger partial charge in [-0.15, -0.1) is 0 Å². The van der Waals surface area contributed by atoms with Gasteiger partial charge in [-0.3, -0.25) is 4.79 Å². The van der Waals surface area contributed by atoms with Crippen LogP contribution in [0.15, 0.2) is 47.3 Å². The van der Waals surface area contributed by atoms with Gasteiger partial charge in [-0.05, 0) is 39.3 Å². The van der Waals surface area contributed by atoms with E-state index in [1.165, 1.54) is 6.08 Å². The number of carbonyl (C=O) groups excluding carboxylic acids is 3. The molecular formula is C20H22O6. The van der Waals surface area contributed by atoms with Crippen LogP contribution in [0.2, 0.25) is 0 Å². The maximum Gasteiger partial charge on any atom is 0.334 e. The maximum absolute atomic E-state index is 12.5. The molecule has 0 amide bonds. The van der Waals surface area contributed by atoms with Crippen LogP contribution in [0.5, 0.6) is 0 Å². The van der Waals surface area contributed by atoms with Crippen LogP contribution in [-0.2, 0) is 28.6 Å². The largest absolute Gasteiger partial charge is 0.479 e. The molecule has 26 heavy (non-hydrogen) atoms. The van der Waals surface area contributed by atoms with E-state index in [-0.39, 0.29) is 17.8 Å². The van der Waals surface area contributed by atoms with Gasteiger partial charge in [0.25, 0.3) is 0 Å². The maximum atomic E-state index is 12.5. The monoisotopic (exact) mass is 358 g/mol. The molecule has 6 nitrogen and oxygen atoms in total. The Balaban J connectivity index is 2.05. The summed E-state index contributed by atoms with van der Waals surface area (Å²) in [5.74, 6) is -1.35. The summed E-state index contributed by atoms with van der Waals surface area (Å²) in [6, 6.07) is 0. The van der Waals surface area contributed by atoms with Crippen molar-refractivity contribution >= 4 is 17.7 Å². The van der Waals surface area contributed by atoms with E-state index >= 15 is 0 Å². The standard InChI is InChI=1S/C20H22O6/c1-6-10(2)18(22)25-15-9-20(5)16(21)8-13(26-20)11(3)7-14-17(15)12(4)19(23)24-14/h6-8,14-15,17H,4,9H2,1-3,5H3/b10-6+,11-7-/t14-,15+,17+,20+/m0/s1. The van der Waals surface area contributed by atoms with Crippen molar-refractivity contribution < 1.29 is 28.6 Å². The van der Waals surface area contributed by atoms with Crippen molar-refractivity contribution in [3.05, 3.63) is 47.3 Å². The van der Waals surface area contributed by atoms with Crippen LogP contribution in [-0.4, -0.2) is 35.5 Å². The lowest BCUT2D eigenvalue weighted by Crippen LogP contribution is -2.42. The van der Waals surface area contributed by atoms with Crippen molar-refractivity contribution in [3.63, 3.8) is 0 Å². The van der Waals surface area contributed by atoms with Crippen LogP contribution in [0.1, 0.15) is 34.1 Å². The number of allylic oxidation sites excluding steroid dienone is 2. The van der Waals surface area contributed by atoms with E-state index in [2.05, 4.69) is 6.58 Å². The van der Waals surface area contributed by atoms with Crippen molar-refractivity contribution in [2.24, 2.45) is 5.92 Å². The van der Waals surface area contributed by atoms with Crippen LogP contribution in [0.3, 0.4) is 0 Å². The summed E-state index contributed by atoms with van der Waals surface area (Å²) in [6.45, 7) is 10.6. The summed E-state index contributed by atoms with van der Waals surface area (Å²) in [5, 5.41) is 0. The Kier molecular flexibility index (Phi) is 4.38. The SMILES string of the molecule is C=C1C(=O)O[C@H]2/C=C(/C)C3=CC(=O)[C@@](C)(C[C@@H](OC(=O)/C(C)=C/C)[C@H]12)O3. The topological polar surface area (TPSA) is 78.9 Å². The van der Waals surface area contributed by atoms with E-state index in [0.29, 0.717) is 16.9 Å². The molecule has 1 saturated heterocycles. The molecule has 0 spiro atoms. The average Bonchev–Trinajstić information content (AvgIpc) is 3.03. The van der Waals surface area contributed by atoms with Crippen LogP contribution in [0, 0.1) is 5.92 Å². The van der Waals surface area contributed by atoms with Crippen molar-refractivity contribution in [1.29, 1.82) is 0 Å². The predicted molar refractivity (Wildman–Crippen MR) is 92.8 cm³/mol. The van der Waals surface area contributed by atoms with E-state index in [1.54, 1.807) is 39.8 Å². The summed E-state index contributed by atoms with van der Waals surface area (Å²) in [4.78, 5) is 36.9. The Morgan fingerprint density at radius 1 is 1.42 bits per heavy atom. The van der Waals surface area contributed by atoms with E-state index in [0.717, 1.165) is 0 Å². The van der Waals surface area contributed by atoms with E-state index in [1.807, 2.05) is 0 Å². The summed E-state index contributed by atoms with van der Waals surface area (Å²) in [7, 11) is 0. The molecule has 0 unspecified atom stereocenters. The zero-order chi connectivity index (χ0) is 19.2. The van der Waals surface area contributed by atoms with Gasteiger partial charge in [0.1, 0.15) is 18.0 Å². The van der Waals surface area contributed by atoms with E-state index in [9.17, 15) is 14.4 Å². The highest BCUT2D eigenvalue weighted by Crippen LogP contribution is 2.42. The summed E-state index contributed by atoms with van der Waals surface area (Å²) in [6.07, 6.45) is 3.50. The molecule has 1 fully saturated rings. The third-order valence-corrected chi connectivity index (χ3v) is 5.19. The first-order chi connectivity index (χ1) is 12.2. The van der Waals surface area contributed by atoms with Gasteiger partial charge in [0, 0.05) is 23.6 Å². The minimum atomic E-state index is -1.17. The Bertz CT molecular complexity index is 799. The highest BCUT2D eigenvalue weighted by atomic mass is 16.6. The molecule has 0 aromatic carbocycles. The molecule has 6 heteroatoms. The van der Waals surface area contributed by atoms with E-state index < -0.39 is 35.7 Å². The highest BCUT2D eigenvalue weighted by Gasteiger charge is 2.51. The molecule has 3 aliphatic rings.